The fraction of sp³-hybridized carbons (Fsp3) is 0.333. The van der Waals surface area contributed by atoms with Crippen LogP contribution in [0.15, 0.2) is 42.2 Å². The topological polar surface area (TPSA) is 103 Å². The number of likely N-dealkylation sites (N-methyl/N-ethyl adjacent to an activating group) is 1. The molecule has 4 N–H and O–H groups in total. The second-order valence-corrected chi connectivity index (χ2v) is 8.17. The van der Waals surface area contributed by atoms with E-state index in [0.717, 1.165) is 5.69 Å². The average molecular weight is 457 g/mol. The third kappa shape index (κ3) is 4.06. The number of aryl methyl sites for hydroxylation is 2. The fourth-order valence-electron chi connectivity index (χ4n) is 3.80. The van der Waals surface area contributed by atoms with Gasteiger partial charge in [0.05, 0.1) is 29.5 Å². The molecule has 0 saturated carbocycles. The molecule has 0 aliphatic rings. The van der Waals surface area contributed by atoms with E-state index in [2.05, 4.69) is 15.3 Å². The number of nitrogens with one attached hydrogen (secondary N) is 1. The minimum absolute atomic E-state index is 0.127. The summed E-state index contributed by atoms with van der Waals surface area (Å²) < 4.78 is 11.3. The molecule has 170 valence electrons. The van der Waals surface area contributed by atoms with E-state index in [1.54, 1.807) is 25.2 Å². The van der Waals surface area contributed by atoms with E-state index >= 15 is 0 Å². The Labute approximate surface area is 193 Å². The maximum absolute atomic E-state index is 12.1. The number of hydrogen-bond donors (Lipinski definition) is 3. The van der Waals surface area contributed by atoms with Gasteiger partial charge < -0.3 is 25.6 Å². The number of aliphatic hydroxyl groups is 1. The Morgan fingerprint density at radius 2 is 1.94 bits per heavy atom. The first-order valence-corrected chi connectivity index (χ1v) is 10.7. The lowest BCUT2D eigenvalue weighted by molar-refractivity contribution is 0.113. The van der Waals surface area contributed by atoms with Gasteiger partial charge in [-0.3, -0.25) is 4.98 Å². The van der Waals surface area contributed by atoms with Gasteiger partial charge in [-0.05, 0) is 51.5 Å². The van der Waals surface area contributed by atoms with Crippen molar-refractivity contribution in [3.63, 3.8) is 0 Å². The predicted octanol–water partition coefficient (Wildman–Crippen LogP) is 3.95. The van der Waals surface area contributed by atoms with Crippen molar-refractivity contribution in [2.75, 3.05) is 14.2 Å². The molecule has 0 radical (unpaired) electrons. The van der Waals surface area contributed by atoms with Crippen LogP contribution in [-0.2, 0) is 5.60 Å². The summed E-state index contributed by atoms with van der Waals surface area (Å²) in [6.07, 6.45) is 1.23. The molecule has 0 fully saturated rings. The van der Waals surface area contributed by atoms with Crippen LogP contribution < -0.4 is 20.5 Å². The molecule has 32 heavy (non-hydrogen) atoms. The number of rotatable bonds is 7. The van der Waals surface area contributed by atoms with Gasteiger partial charge in [0.1, 0.15) is 0 Å². The van der Waals surface area contributed by atoms with E-state index in [-0.39, 0.29) is 6.10 Å². The summed E-state index contributed by atoms with van der Waals surface area (Å²) in [6, 6.07) is 9.06. The SMILES string of the molecule is CN/C(=C\N)C(O)(c1ccc2nc(OC)c(OC(C)C)c(Cl)c2c1)c1ccc(C)nc1C. The molecule has 1 unspecified atom stereocenters. The van der Waals surface area contributed by atoms with Crippen LogP contribution in [0.4, 0.5) is 0 Å². The molecule has 1 atom stereocenters. The van der Waals surface area contributed by atoms with Gasteiger partial charge >= 0.3 is 0 Å². The molecular weight excluding hydrogens is 428 g/mol. The average Bonchev–Trinajstić information content (AvgIpc) is 2.75. The maximum atomic E-state index is 12.1. The van der Waals surface area contributed by atoms with Gasteiger partial charge in [-0.1, -0.05) is 23.7 Å². The first-order valence-electron chi connectivity index (χ1n) is 10.3. The molecular formula is C24H29ClN4O3. The molecule has 2 aromatic heterocycles. The number of nitrogens with two attached hydrogens (primary N) is 1. The normalized spacial score (nSPS) is 13.8. The fourth-order valence-corrected chi connectivity index (χ4v) is 4.07. The molecule has 8 heteroatoms. The van der Waals surface area contributed by atoms with Crippen LogP contribution >= 0.6 is 11.6 Å². The molecule has 1 aromatic carbocycles. The third-order valence-corrected chi connectivity index (χ3v) is 5.63. The monoisotopic (exact) mass is 456 g/mol. The first kappa shape index (κ1) is 23.6. The van der Waals surface area contributed by atoms with E-state index in [0.29, 0.717) is 50.1 Å². The summed E-state index contributed by atoms with van der Waals surface area (Å²) in [5, 5.41) is 16.1. The van der Waals surface area contributed by atoms with Gasteiger partial charge in [-0.15, -0.1) is 0 Å². The van der Waals surface area contributed by atoms with Crippen molar-refractivity contribution in [1.82, 2.24) is 15.3 Å². The Balaban J connectivity index is 2.33. The zero-order valence-electron chi connectivity index (χ0n) is 19.2. The molecule has 7 nitrogen and oxygen atoms in total. The summed E-state index contributed by atoms with van der Waals surface area (Å²) >= 11 is 6.74. The zero-order chi connectivity index (χ0) is 23.6. The molecule has 0 aliphatic carbocycles. The van der Waals surface area contributed by atoms with Gasteiger partial charge in [0, 0.05) is 35.6 Å². The standard InChI is InChI=1S/C24H29ClN4O3/c1-13(2)32-22-21(25)17-11-16(8-10-19(17)29-23(22)31-6)24(30,20(12-26)27-5)18-9-7-14(3)28-15(18)4/h7-13,27,30H,26H2,1-6H3/b20-12-. The molecule has 0 bridgehead atoms. The minimum Gasteiger partial charge on any atom is -0.484 e. The zero-order valence-corrected chi connectivity index (χ0v) is 19.9. The highest BCUT2D eigenvalue weighted by Crippen LogP contribution is 2.43. The van der Waals surface area contributed by atoms with Crippen molar-refractivity contribution in [2.24, 2.45) is 5.73 Å². The van der Waals surface area contributed by atoms with Crippen LogP contribution in [0.2, 0.25) is 5.02 Å². The molecule has 2 heterocycles. The van der Waals surface area contributed by atoms with Gasteiger partial charge in [0.25, 0.3) is 5.88 Å². The number of methoxy groups -OCH3 is 1. The Morgan fingerprint density at radius 1 is 1.22 bits per heavy atom. The molecule has 0 aliphatic heterocycles. The molecule has 3 aromatic rings. The molecule has 0 amide bonds. The lowest BCUT2D eigenvalue weighted by atomic mass is 9.82. The summed E-state index contributed by atoms with van der Waals surface area (Å²) in [7, 11) is 3.22. The number of aromatic nitrogens is 2. The Hall–Kier alpha value is -3.03. The lowest BCUT2D eigenvalue weighted by Gasteiger charge is -2.33. The number of ether oxygens (including phenoxy) is 2. The largest absolute Gasteiger partial charge is 0.484 e. The van der Waals surface area contributed by atoms with Crippen molar-refractivity contribution < 1.29 is 14.6 Å². The molecule has 0 spiro atoms. The predicted molar refractivity (Wildman–Crippen MR) is 127 cm³/mol. The number of nitrogens with zero attached hydrogens (tertiary/aromatic N) is 2. The third-order valence-electron chi connectivity index (χ3n) is 5.25. The Morgan fingerprint density at radius 3 is 2.50 bits per heavy atom. The van der Waals surface area contributed by atoms with Gasteiger partial charge in [0.15, 0.2) is 5.60 Å². The highest BCUT2D eigenvalue weighted by molar-refractivity contribution is 6.37. The van der Waals surface area contributed by atoms with Crippen LogP contribution in [0.5, 0.6) is 11.6 Å². The highest BCUT2D eigenvalue weighted by Gasteiger charge is 2.38. The van der Waals surface area contributed by atoms with Crippen LogP contribution in [0.3, 0.4) is 0 Å². The van der Waals surface area contributed by atoms with Gasteiger partial charge in [-0.25, -0.2) is 4.98 Å². The number of fused-ring (bicyclic) bond motifs is 1. The van der Waals surface area contributed by atoms with E-state index < -0.39 is 5.60 Å². The maximum Gasteiger partial charge on any atom is 0.258 e. The number of hydrogen-bond acceptors (Lipinski definition) is 7. The Bertz CT molecular complexity index is 1180. The van der Waals surface area contributed by atoms with E-state index in [1.807, 2.05) is 39.8 Å². The van der Waals surface area contributed by atoms with Crippen LogP contribution in [0.1, 0.15) is 36.4 Å². The number of halogens is 1. The quantitative estimate of drug-likeness (QED) is 0.494. The van der Waals surface area contributed by atoms with Crippen molar-refractivity contribution in [1.29, 1.82) is 0 Å². The summed E-state index contributed by atoms with van der Waals surface area (Å²) in [4.78, 5) is 9.07. The van der Waals surface area contributed by atoms with Crippen LogP contribution in [0.25, 0.3) is 10.9 Å². The van der Waals surface area contributed by atoms with E-state index in [1.165, 1.54) is 13.3 Å². The molecule has 3 rings (SSSR count). The van der Waals surface area contributed by atoms with Crippen molar-refractivity contribution in [3.05, 3.63) is 69.8 Å². The van der Waals surface area contributed by atoms with Gasteiger partial charge in [0.2, 0.25) is 5.75 Å². The van der Waals surface area contributed by atoms with Crippen LogP contribution in [-0.4, -0.2) is 35.3 Å². The van der Waals surface area contributed by atoms with Crippen molar-refractivity contribution >= 4 is 22.5 Å². The summed E-state index contributed by atoms with van der Waals surface area (Å²) in [6.45, 7) is 7.55. The first-order chi connectivity index (χ1) is 15.2. The summed E-state index contributed by atoms with van der Waals surface area (Å²) in [5.74, 6) is 0.657. The van der Waals surface area contributed by atoms with Crippen molar-refractivity contribution in [2.45, 2.75) is 39.4 Å². The lowest BCUT2D eigenvalue weighted by Crippen LogP contribution is -2.37. The van der Waals surface area contributed by atoms with E-state index in [9.17, 15) is 5.11 Å². The van der Waals surface area contributed by atoms with E-state index in [4.69, 9.17) is 26.8 Å². The second kappa shape index (κ2) is 9.22. The highest BCUT2D eigenvalue weighted by atomic mass is 35.5. The molecule has 0 saturated heterocycles. The van der Waals surface area contributed by atoms with Crippen molar-refractivity contribution in [3.8, 4) is 11.6 Å². The van der Waals surface area contributed by atoms with Crippen LogP contribution in [0, 0.1) is 13.8 Å². The number of benzene rings is 1. The second-order valence-electron chi connectivity index (χ2n) is 7.79. The summed E-state index contributed by atoms with van der Waals surface area (Å²) in [5.41, 5.74) is 8.01. The Kier molecular flexibility index (Phi) is 6.81. The smallest absolute Gasteiger partial charge is 0.258 e. The minimum atomic E-state index is -1.59. The number of pyridine rings is 2. The van der Waals surface area contributed by atoms with Gasteiger partial charge in [-0.2, -0.15) is 0 Å².